The van der Waals surface area contributed by atoms with E-state index in [9.17, 15) is 9.59 Å². The molecule has 0 aromatic carbocycles. The Morgan fingerprint density at radius 2 is 1.73 bits per heavy atom. The minimum atomic E-state index is -0.467. The molecule has 0 atom stereocenters. The molecule has 142 valence electrons. The highest BCUT2D eigenvalue weighted by Crippen LogP contribution is 2.31. The van der Waals surface area contributed by atoms with Crippen LogP contribution in [0, 0.1) is 19.8 Å². The molecule has 0 aliphatic heterocycles. The molecule has 2 aromatic rings. The summed E-state index contributed by atoms with van der Waals surface area (Å²) in [5, 5.41) is 8.28. The third kappa shape index (κ3) is 5.34. The summed E-state index contributed by atoms with van der Waals surface area (Å²) in [7, 11) is 0. The first-order chi connectivity index (χ1) is 12.3. The van der Waals surface area contributed by atoms with Crippen molar-refractivity contribution in [1.82, 2.24) is 15.2 Å². The molecular weight excluding hydrogens is 390 g/mol. The van der Waals surface area contributed by atoms with Crippen molar-refractivity contribution < 1.29 is 14.3 Å². The number of aromatic nitrogens is 3. The quantitative estimate of drug-likeness (QED) is 0.371. The first-order valence-corrected chi connectivity index (χ1v) is 11.1. The van der Waals surface area contributed by atoms with E-state index in [1.54, 1.807) is 32.5 Å². The second-order valence-corrected chi connectivity index (χ2v) is 9.56. The molecule has 2 aromatic heterocycles. The maximum Gasteiger partial charge on any atom is 0.340 e. The molecule has 26 heavy (non-hydrogen) atoms. The molecule has 0 saturated carbocycles. The number of rotatable bonds is 9. The number of carbonyl (C=O) groups is 2. The predicted octanol–water partition coefficient (Wildman–Crippen LogP) is 4.38. The molecule has 0 bridgehead atoms. The van der Waals surface area contributed by atoms with Crippen LogP contribution in [0.5, 0.6) is 0 Å². The molecule has 0 spiro atoms. The van der Waals surface area contributed by atoms with Crippen LogP contribution in [0.25, 0.3) is 0 Å². The highest BCUT2D eigenvalue weighted by molar-refractivity contribution is 8.03. The lowest BCUT2D eigenvalue weighted by atomic mass is 10.1. The molecule has 1 N–H and O–H groups in total. The van der Waals surface area contributed by atoms with Gasteiger partial charge in [0.15, 0.2) is 14.5 Å². The maximum absolute atomic E-state index is 12.7. The van der Waals surface area contributed by atoms with E-state index >= 15 is 0 Å². The lowest BCUT2D eigenvalue weighted by Gasteiger charge is -2.05. The molecule has 2 heterocycles. The van der Waals surface area contributed by atoms with Crippen LogP contribution in [-0.4, -0.2) is 45.0 Å². The number of aryl methyl sites for hydroxylation is 2. The summed E-state index contributed by atoms with van der Waals surface area (Å²) in [6.45, 7) is 9.89. The summed E-state index contributed by atoms with van der Waals surface area (Å²) in [5.74, 6) is 1.19. The van der Waals surface area contributed by atoms with Crippen molar-refractivity contribution in [2.45, 2.75) is 43.3 Å². The fourth-order valence-electron chi connectivity index (χ4n) is 2.34. The number of thioether (sulfide) groups is 2. The summed E-state index contributed by atoms with van der Waals surface area (Å²) in [4.78, 5) is 28.0. The molecule has 0 aliphatic rings. The fraction of sp³-hybridized carbons (Fsp3) is 0.529. The molecule has 0 fully saturated rings. The SMILES string of the molecule is CCOC(=O)c1c(C)[nH]c(C)c1C(=O)CSc1nnc(SCC(C)C)s1. The highest BCUT2D eigenvalue weighted by atomic mass is 32.2. The minimum absolute atomic E-state index is 0.119. The van der Waals surface area contributed by atoms with Gasteiger partial charge in [-0.05, 0) is 26.7 Å². The van der Waals surface area contributed by atoms with Crippen molar-refractivity contribution >= 4 is 46.6 Å². The zero-order valence-corrected chi connectivity index (χ0v) is 18.0. The second kappa shape index (κ2) is 9.57. The van der Waals surface area contributed by atoms with E-state index in [4.69, 9.17) is 4.74 Å². The van der Waals surface area contributed by atoms with E-state index in [-0.39, 0.29) is 18.1 Å². The van der Waals surface area contributed by atoms with Gasteiger partial charge < -0.3 is 9.72 Å². The van der Waals surface area contributed by atoms with Gasteiger partial charge in [-0.25, -0.2) is 4.79 Å². The third-order valence-corrected chi connectivity index (χ3v) is 7.00. The van der Waals surface area contributed by atoms with Gasteiger partial charge in [-0.3, -0.25) is 4.79 Å². The predicted molar refractivity (Wildman–Crippen MR) is 107 cm³/mol. The summed E-state index contributed by atoms with van der Waals surface area (Å²) in [6, 6.07) is 0. The van der Waals surface area contributed by atoms with Crippen molar-refractivity contribution in [2.24, 2.45) is 5.92 Å². The van der Waals surface area contributed by atoms with Gasteiger partial charge in [0, 0.05) is 17.1 Å². The highest BCUT2D eigenvalue weighted by Gasteiger charge is 2.25. The van der Waals surface area contributed by atoms with Crippen LogP contribution in [-0.2, 0) is 4.74 Å². The number of esters is 1. The number of nitrogens with zero attached hydrogens (tertiary/aromatic N) is 2. The minimum Gasteiger partial charge on any atom is -0.462 e. The Hall–Kier alpha value is -1.32. The number of H-pyrrole nitrogens is 1. The summed E-state index contributed by atoms with van der Waals surface area (Å²) >= 11 is 4.52. The van der Waals surface area contributed by atoms with Gasteiger partial charge in [-0.2, -0.15) is 0 Å². The third-order valence-electron chi connectivity index (χ3n) is 3.39. The lowest BCUT2D eigenvalue weighted by molar-refractivity contribution is 0.0522. The number of Topliss-reactive ketones (excluding diaryl/α,β-unsaturated/α-hetero) is 1. The van der Waals surface area contributed by atoms with Gasteiger partial charge in [0.2, 0.25) is 0 Å². The Balaban J connectivity index is 2.05. The van der Waals surface area contributed by atoms with Crippen LogP contribution in [0.1, 0.15) is 52.9 Å². The smallest absolute Gasteiger partial charge is 0.340 e. The van der Waals surface area contributed by atoms with Crippen molar-refractivity contribution in [3.8, 4) is 0 Å². The van der Waals surface area contributed by atoms with Crippen molar-refractivity contribution in [3.05, 3.63) is 22.5 Å². The van der Waals surface area contributed by atoms with Crippen molar-refractivity contribution in [1.29, 1.82) is 0 Å². The van der Waals surface area contributed by atoms with Crippen LogP contribution in [0.15, 0.2) is 8.68 Å². The van der Waals surface area contributed by atoms with Crippen molar-refractivity contribution in [2.75, 3.05) is 18.1 Å². The molecule has 0 unspecified atom stereocenters. The summed E-state index contributed by atoms with van der Waals surface area (Å²) in [6.07, 6.45) is 0. The van der Waals surface area contributed by atoms with Gasteiger partial charge >= 0.3 is 5.97 Å². The Morgan fingerprint density at radius 1 is 1.12 bits per heavy atom. The Kier molecular flexibility index (Phi) is 7.72. The van der Waals surface area contributed by atoms with Crippen LogP contribution < -0.4 is 0 Å². The second-order valence-electron chi connectivity index (χ2n) is 6.10. The molecule has 2 rings (SSSR count). The monoisotopic (exact) mass is 413 g/mol. The summed E-state index contributed by atoms with van der Waals surface area (Å²) < 4.78 is 6.75. The molecule has 0 amide bonds. The number of aromatic amines is 1. The first kappa shape index (κ1) is 21.0. The van der Waals surface area contributed by atoms with Crippen LogP contribution in [0.3, 0.4) is 0 Å². The van der Waals surface area contributed by atoms with E-state index in [2.05, 4.69) is 29.0 Å². The molecule has 9 heteroatoms. The number of nitrogens with one attached hydrogen (secondary N) is 1. The summed E-state index contributed by atoms with van der Waals surface area (Å²) in [5.41, 5.74) is 2.08. The normalized spacial score (nSPS) is 11.2. The Labute approximate surface area is 165 Å². The van der Waals surface area contributed by atoms with Gasteiger partial charge in [-0.15, -0.1) is 10.2 Å². The van der Waals surface area contributed by atoms with Crippen molar-refractivity contribution in [3.63, 3.8) is 0 Å². The first-order valence-electron chi connectivity index (χ1n) is 8.32. The van der Waals surface area contributed by atoms with Gasteiger partial charge in [0.05, 0.1) is 23.5 Å². The molecule has 6 nitrogen and oxygen atoms in total. The standard InChI is InChI=1S/C17H23N3O3S3/c1-6-23-15(22)14-11(5)18-10(4)13(14)12(21)8-25-17-20-19-16(26-17)24-7-9(2)3/h9,18H,6-8H2,1-5H3. The van der Waals surface area contributed by atoms with Gasteiger partial charge in [0.25, 0.3) is 0 Å². The number of hydrogen-bond donors (Lipinski definition) is 1. The molecular formula is C17H23N3O3S3. The molecule has 0 saturated heterocycles. The largest absolute Gasteiger partial charge is 0.462 e. The number of carbonyl (C=O) groups excluding carboxylic acids is 2. The van der Waals surface area contributed by atoms with Crippen LogP contribution in [0.4, 0.5) is 0 Å². The number of hydrogen-bond acceptors (Lipinski definition) is 8. The average Bonchev–Trinajstić information content (AvgIpc) is 3.14. The van der Waals surface area contributed by atoms with E-state index in [0.717, 1.165) is 14.4 Å². The Morgan fingerprint density at radius 3 is 2.35 bits per heavy atom. The molecule has 0 aliphatic carbocycles. The number of ketones is 1. The van der Waals surface area contributed by atoms with Crippen LogP contribution >= 0.6 is 34.9 Å². The maximum atomic E-state index is 12.7. The lowest BCUT2D eigenvalue weighted by Crippen LogP contribution is -2.13. The fourth-order valence-corrected chi connectivity index (χ4v) is 5.21. The van der Waals surface area contributed by atoms with E-state index in [0.29, 0.717) is 28.4 Å². The zero-order chi connectivity index (χ0) is 19.3. The van der Waals surface area contributed by atoms with E-state index in [1.807, 2.05) is 0 Å². The van der Waals surface area contributed by atoms with E-state index < -0.39 is 5.97 Å². The van der Waals surface area contributed by atoms with Gasteiger partial charge in [0.1, 0.15) is 0 Å². The Bertz CT molecular complexity index is 784. The van der Waals surface area contributed by atoms with E-state index in [1.165, 1.54) is 23.1 Å². The average molecular weight is 414 g/mol. The molecule has 0 radical (unpaired) electrons. The topological polar surface area (TPSA) is 84.9 Å². The zero-order valence-electron chi connectivity index (χ0n) is 15.5. The number of ether oxygens (including phenoxy) is 1. The van der Waals surface area contributed by atoms with Gasteiger partial charge in [-0.1, -0.05) is 48.7 Å². The van der Waals surface area contributed by atoms with Crippen LogP contribution in [0.2, 0.25) is 0 Å².